The quantitative estimate of drug-likeness (QED) is 0.258. The number of benzene rings is 5. The topological polar surface area (TPSA) is 4.93 Å². The third kappa shape index (κ3) is 2.13. The lowest BCUT2D eigenvalue weighted by atomic mass is 9.82. The summed E-state index contributed by atoms with van der Waals surface area (Å²) in [6, 6.07) is 37.8. The summed E-state index contributed by atoms with van der Waals surface area (Å²) in [5, 5.41) is 5.23. The molecular formula is C31H23N. The summed E-state index contributed by atoms with van der Waals surface area (Å²) in [5.74, 6) is 0. The van der Waals surface area contributed by atoms with Gasteiger partial charge < -0.3 is 4.57 Å². The van der Waals surface area contributed by atoms with E-state index in [0.29, 0.717) is 0 Å². The minimum Gasteiger partial charge on any atom is -0.309 e. The first-order valence-electron chi connectivity index (χ1n) is 11.3. The van der Waals surface area contributed by atoms with Gasteiger partial charge in [0.2, 0.25) is 0 Å². The zero-order valence-electron chi connectivity index (χ0n) is 18.3. The Bertz CT molecular complexity index is 1640. The lowest BCUT2D eigenvalue weighted by molar-refractivity contribution is 0.661. The SMILES string of the molecule is CC1(C)c2ccccc2-c2c1ccc1cccc(-n3c4ccccc4c4ccccc43)c21. The Kier molecular flexibility index (Phi) is 3.40. The van der Waals surface area contributed by atoms with Gasteiger partial charge in [0.25, 0.3) is 0 Å². The van der Waals surface area contributed by atoms with E-state index < -0.39 is 0 Å². The lowest BCUT2D eigenvalue weighted by Crippen LogP contribution is -2.14. The summed E-state index contributed by atoms with van der Waals surface area (Å²) < 4.78 is 2.46. The second kappa shape index (κ2) is 6.11. The van der Waals surface area contributed by atoms with Gasteiger partial charge in [-0.2, -0.15) is 0 Å². The average Bonchev–Trinajstić information content (AvgIpc) is 3.28. The van der Waals surface area contributed by atoms with Crippen LogP contribution in [-0.4, -0.2) is 4.57 Å². The summed E-state index contributed by atoms with van der Waals surface area (Å²) >= 11 is 0. The van der Waals surface area contributed by atoms with Gasteiger partial charge in [0.1, 0.15) is 0 Å². The van der Waals surface area contributed by atoms with Crippen molar-refractivity contribution in [2.45, 2.75) is 19.3 Å². The van der Waals surface area contributed by atoms with E-state index in [-0.39, 0.29) is 5.41 Å². The highest BCUT2D eigenvalue weighted by Gasteiger charge is 2.36. The molecule has 0 spiro atoms. The molecule has 0 saturated carbocycles. The predicted molar refractivity (Wildman–Crippen MR) is 136 cm³/mol. The van der Waals surface area contributed by atoms with Crippen LogP contribution in [0.5, 0.6) is 0 Å². The van der Waals surface area contributed by atoms with Crippen molar-refractivity contribution in [3.63, 3.8) is 0 Å². The van der Waals surface area contributed by atoms with Gasteiger partial charge >= 0.3 is 0 Å². The highest BCUT2D eigenvalue weighted by atomic mass is 15.0. The van der Waals surface area contributed by atoms with Crippen molar-refractivity contribution in [2.24, 2.45) is 0 Å². The molecule has 6 aromatic rings. The monoisotopic (exact) mass is 409 g/mol. The van der Waals surface area contributed by atoms with Crippen molar-refractivity contribution >= 4 is 32.6 Å². The first kappa shape index (κ1) is 17.8. The van der Waals surface area contributed by atoms with Crippen molar-refractivity contribution in [3.05, 3.63) is 114 Å². The average molecular weight is 410 g/mol. The molecule has 0 atom stereocenters. The van der Waals surface area contributed by atoms with E-state index in [1.54, 1.807) is 0 Å². The number of hydrogen-bond acceptors (Lipinski definition) is 0. The molecule has 5 aromatic carbocycles. The number of rotatable bonds is 1. The predicted octanol–water partition coefficient (Wildman–Crippen LogP) is 8.24. The third-order valence-corrected chi connectivity index (χ3v) is 7.39. The molecule has 0 fully saturated rings. The molecule has 0 unspecified atom stereocenters. The van der Waals surface area contributed by atoms with Gasteiger partial charge in [0.05, 0.1) is 16.7 Å². The highest BCUT2D eigenvalue weighted by molar-refractivity contribution is 6.13. The summed E-state index contributed by atoms with van der Waals surface area (Å²) in [7, 11) is 0. The zero-order chi connectivity index (χ0) is 21.4. The normalized spacial score (nSPS) is 14.2. The van der Waals surface area contributed by atoms with Crippen molar-refractivity contribution < 1.29 is 0 Å². The van der Waals surface area contributed by atoms with Crippen LogP contribution in [0.4, 0.5) is 0 Å². The van der Waals surface area contributed by atoms with Crippen LogP contribution in [-0.2, 0) is 5.41 Å². The van der Waals surface area contributed by atoms with Crippen LogP contribution in [0.3, 0.4) is 0 Å². The molecule has 0 aliphatic heterocycles. The van der Waals surface area contributed by atoms with Crippen LogP contribution in [0.15, 0.2) is 103 Å². The van der Waals surface area contributed by atoms with Crippen LogP contribution in [0, 0.1) is 0 Å². The first-order chi connectivity index (χ1) is 15.7. The van der Waals surface area contributed by atoms with E-state index in [4.69, 9.17) is 0 Å². The Morgan fingerprint density at radius 2 is 1.22 bits per heavy atom. The van der Waals surface area contributed by atoms with Crippen LogP contribution in [0.1, 0.15) is 25.0 Å². The second-order valence-electron chi connectivity index (χ2n) is 9.40. The van der Waals surface area contributed by atoms with Crippen LogP contribution >= 0.6 is 0 Å². The highest BCUT2D eigenvalue weighted by Crippen LogP contribution is 2.52. The number of fused-ring (bicyclic) bond motifs is 8. The molecule has 1 heterocycles. The molecule has 1 aliphatic carbocycles. The minimum atomic E-state index is -0.00590. The molecular weight excluding hydrogens is 386 g/mol. The van der Waals surface area contributed by atoms with Gasteiger partial charge in [0.15, 0.2) is 0 Å². The number of para-hydroxylation sites is 2. The Hall–Kier alpha value is -3.84. The molecule has 0 bridgehead atoms. The second-order valence-corrected chi connectivity index (χ2v) is 9.40. The summed E-state index contributed by atoms with van der Waals surface area (Å²) in [6.07, 6.45) is 0. The maximum absolute atomic E-state index is 2.46. The molecule has 0 radical (unpaired) electrons. The van der Waals surface area contributed by atoms with Crippen LogP contribution in [0.2, 0.25) is 0 Å². The van der Waals surface area contributed by atoms with Gasteiger partial charge in [0, 0.05) is 21.6 Å². The zero-order valence-corrected chi connectivity index (χ0v) is 18.3. The largest absolute Gasteiger partial charge is 0.309 e. The molecule has 1 nitrogen and oxygen atoms in total. The molecule has 32 heavy (non-hydrogen) atoms. The minimum absolute atomic E-state index is 0.00590. The van der Waals surface area contributed by atoms with Gasteiger partial charge in [-0.05, 0) is 45.8 Å². The fraction of sp³-hybridized carbons (Fsp3) is 0.0968. The van der Waals surface area contributed by atoms with Crippen molar-refractivity contribution in [1.29, 1.82) is 0 Å². The fourth-order valence-corrected chi connectivity index (χ4v) is 5.92. The molecule has 1 heteroatoms. The number of aromatic nitrogens is 1. The van der Waals surface area contributed by atoms with E-state index in [1.165, 1.54) is 60.5 Å². The molecule has 1 aromatic heterocycles. The summed E-state index contributed by atoms with van der Waals surface area (Å²) in [4.78, 5) is 0. The lowest BCUT2D eigenvalue weighted by Gasteiger charge is -2.22. The van der Waals surface area contributed by atoms with E-state index in [9.17, 15) is 0 Å². The van der Waals surface area contributed by atoms with Crippen LogP contribution < -0.4 is 0 Å². The van der Waals surface area contributed by atoms with E-state index in [0.717, 1.165) is 0 Å². The molecule has 152 valence electrons. The van der Waals surface area contributed by atoms with E-state index in [1.807, 2.05) is 0 Å². The first-order valence-corrected chi connectivity index (χ1v) is 11.3. The molecule has 1 aliphatic rings. The molecule has 0 saturated heterocycles. The standard InChI is InChI=1S/C31H23N/c1-31(2)24-14-6-3-13-23(24)30-25(31)19-18-20-10-9-17-28(29(20)30)32-26-15-7-4-11-21(26)22-12-5-8-16-27(22)32/h3-19H,1-2H3. The Labute approximate surface area is 187 Å². The molecule has 0 N–H and O–H groups in total. The van der Waals surface area contributed by atoms with E-state index >= 15 is 0 Å². The Morgan fingerprint density at radius 3 is 1.97 bits per heavy atom. The summed E-state index contributed by atoms with van der Waals surface area (Å²) in [5.41, 5.74) is 9.34. The van der Waals surface area contributed by atoms with Crippen LogP contribution in [0.25, 0.3) is 49.4 Å². The Morgan fingerprint density at radius 1 is 0.562 bits per heavy atom. The van der Waals surface area contributed by atoms with Gasteiger partial charge in [-0.1, -0.05) is 98.8 Å². The summed E-state index contributed by atoms with van der Waals surface area (Å²) in [6.45, 7) is 4.71. The smallest absolute Gasteiger partial charge is 0.0546 e. The number of hydrogen-bond donors (Lipinski definition) is 0. The van der Waals surface area contributed by atoms with Crippen molar-refractivity contribution in [2.75, 3.05) is 0 Å². The molecule has 7 rings (SSSR count). The maximum Gasteiger partial charge on any atom is 0.0546 e. The third-order valence-electron chi connectivity index (χ3n) is 7.39. The molecule has 0 amide bonds. The van der Waals surface area contributed by atoms with Gasteiger partial charge in [-0.15, -0.1) is 0 Å². The number of nitrogens with zero attached hydrogens (tertiary/aromatic N) is 1. The Balaban J connectivity index is 1.71. The van der Waals surface area contributed by atoms with Gasteiger partial charge in [-0.25, -0.2) is 0 Å². The van der Waals surface area contributed by atoms with Crippen molar-refractivity contribution in [3.8, 4) is 16.8 Å². The van der Waals surface area contributed by atoms with Crippen molar-refractivity contribution in [1.82, 2.24) is 4.57 Å². The fourth-order valence-electron chi connectivity index (χ4n) is 5.92. The maximum atomic E-state index is 2.46. The van der Waals surface area contributed by atoms with E-state index in [2.05, 4.69) is 122 Å². The van der Waals surface area contributed by atoms with Gasteiger partial charge in [-0.3, -0.25) is 0 Å².